The van der Waals surface area contributed by atoms with Crippen LogP contribution in [-0.4, -0.2) is 16.9 Å². The summed E-state index contributed by atoms with van der Waals surface area (Å²) < 4.78 is 0. The summed E-state index contributed by atoms with van der Waals surface area (Å²) in [5, 5.41) is 10.3. The summed E-state index contributed by atoms with van der Waals surface area (Å²) in [6.07, 6.45) is 3.29. The second kappa shape index (κ2) is 4.97. The first-order valence-corrected chi connectivity index (χ1v) is 7.76. The molecule has 2 amide bonds. The highest BCUT2D eigenvalue weighted by Crippen LogP contribution is 2.42. The second-order valence-corrected chi connectivity index (χ2v) is 6.31. The lowest BCUT2D eigenvalue weighted by molar-refractivity contribution is -0.120. The largest absolute Gasteiger partial charge is 0.507 e. The third kappa shape index (κ3) is 1.83. The van der Waals surface area contributed by atoms with Crippen LogP contribution in [0.4, 0.5) is 5.69 Å². The van der Waals surface area contributed by atoms with Crippen LogP contribution in [0.3, 0.4) is 0 Å². The first kappa shape index (κ1) is 14.8. The molecule has 4 heteroatoms. The topological polar surface area (TPSA) is 57.6 Å². The van der Waals surface area contributed by atoms with Gasteiger partial charge in [-0.05, 0) is 70.1 Å². The fourth-order valence-electron chi connectivity index (χ4n) is 3.59. The van der Waals surface area contributed by atoms with E-state index in [-0.39, 0.29) is 17.6 Å². The van der Waals surface area contributed by atoms with Gasteiger partial charge >= 0.3 is 0 Å². The molecule has 0 spiro atoms. The fraction of sp³-hybridized carbons (Fsp3) is 0.444. The molecule has 4 nitrogen and oxygen atoms in total. The van der Waals surface area contributed by atoms with Crippen molar-refractivity contribution < 1.29 is 14.7 Å². The molecule has 1 aromatic carbocycles. The van der Waals surface area contributed by atoms with Crippen molar-refractivity contribution >= 4 is 17.5 Å². The van der Waals surface area contributed by atoms with Crippen molar-refractivity contribution in [2.24, 2.45) is 0 Å². The van der Waals surface area contributed by atoms with Gasteiger partial charge in [0.1, 0.15) is 5.75 Å². The van der Waals surface area contributed by atoms with Crippen LogP contribution < -0.4 is 4.90 Å². The van der Waals surface area contributed by atoms with Crippen LogP contribution in [0.5, 0.6) is 5.75 Å². The number of rotatable bonds is 1. The van der Waals surface area contributed by atoms with Crippen molar-refractivity contribution in [3.8, 4) is 5.75 Å². The smallest absolute Gasteiger partial charge is 0.261 e. The molecule has 0 radical (unpaired) electrons. The molecule has 0 aromatic heterocycles. The van der Waals surface area contributed by atoms with Gasteiger partial charge in [-0.1, -0.05) is 0 Å². The van der Waals surface area contributed by atoms with Crippen molar-refractivity contribution in [1.29, 1.82) is 0 Å². The first-order valence-electron chi connectivity index (χ1n) is 7.76. The molecule has 3 rings (SSSR count). The molecule has 1 aromatic rings. The Bertz CT molecular complexity index is 686. The Balaban J connectivity index is 2.18. The van der Waals surface area contributed by atoms with Gasteiger partial charge in [-0.15, -0.1) is 0 Å². The number of amides is 2. The van der Waals surface area contributed by atoms with Gasteiger partial charge < -0.3 is 5.11 Å². The van der Waals surface area contributed by atoms with Crippen LogP contribution in [0.15, 0.2) is 11.1 Å². The molecule has 0 unspecified atom stereocenters. The third-order valence-electron chi connectivity index (χ3n) is 5.16. The Kier molecular flexibility index (Phi) is 3.35. The number of imide groups is 1. The zero-order chi connectivity index (χ0) is 16.2. The van der Waals surface area contributed by atoms with Crippen LogP contribution in [0.25, 0.3) is 0 Å². The monoisotopic (exact) mass is 299 g/mol. The zero-order valence-electron chi connectivity index (χ0n) is 13.5. The summed E-state index contributed by atoms with van der Waals surface area (Å²) in [5.74, 6) is -0.231. The number of anilines is 1. The van der Waals surface area contributed by atoms with E-state index in [1.54, 1.807) is 6.92 Å². The Morgan fingerprint density at radius 1 is 0.773 bits per heavy atom. The highest BCUT2D eigenvalue weighted by molar-refractivity contribution is 6.33. The van der Waals surface area contributed by atoms with E-state index < -0.39 is 0 Å². The lowest BCUT2D eigenvalue weighted by atomic mass is 9.93. The molecule has 1 heterocycles. The molecule has 0 fully saturated rings. The number of hydrogen-bond acceptors (Lipinski definition) is 3. The highest BCUT2D eigenvalue weighted by atomic mass is 16.3. The van der Waals surface area contributed by atoms with Crippen LogP contribution >= 0.6 is 0 Å². The minimum Gasteiger partial charge on any atom is -0.507 e. The summed E-state index contributed by atoms with van der Waals surface area (Å²) >= 11 is 0. The predicted molar refractivity (Wildman–Crippen MR) is 85.0 cm³/mol. The predicted octanol–water partition coefficient (Wildman–Crippen LogP) is 3.37. The van der Waals surface area contributed by atoms with E-state index in [2.05, 4.69) is 0 Å². The van der Waals surface area contributed by atoms with Gasteiger partial charge in [0, 0.05) is 16.7 Å². The molecule has 0 bridgehead atoms. The Labute approximate surface area is 130 Å². The second-order valence-electron chi connectivity index (χ2n) is 6.31. The maximum absolute atomic E-state index is 12.7. The van der Waals surface area contributed by atoms with Crippen molar-refractivity contribution in [2.45, 2.75) is 53.4 Å². The van der Waals surface area contributed by atoms with Crippen molar-refractivity contribution in [3.05, 3.63) is 33.4 Å². The van der Waals surface area contributed by atoms with E-state index in [0.29, 0.717) is 35.2 Å². The number of phenolic OH excluding ortho intramolecular Hbond substituents is 1. The molecule has 1 N–H and O–H groups in total. The fourth-order valence-corrected chi connectivity index (χ4v) is 3.59. The number of aromatic hydroxyl groups is 1. The average Bonchev–Trinajstić information content (AvgIpc) is 2.77. The number of benzene rings is 1. The normalized spacial score (nSPS) is 18.3. The van der Waals surface area contributed by atoms with Gasteiger partial charge in [-0.3, -0.25) is 9.59 Å². The van der Waals surface area contributed by atoms with Gasteiger partial charge in [-0.25, -0.2) is 4.90 Å². The SMILES string of the molecule is Cc1c(C)c(O)c(C)c(N2C(=O)C3=C(CCCC3)C2=O)c1C. The summed E-state index contributed by atoms with van der Waals surface area (Å²) in [4.78, 5) is 26.7. The van der Waals surface area contributed by atoms with E-state index in [9.17, 15) is 14.7 Å². The standard InChI is InChI=1S/C18H21NO3/c1-9-10(2)15(12(4)16(20)11(9)3)19-17(21)13-7-5-6-8-14(13)18(19)22/h20H,5-8H2,1-4H3. The quantitative estimate of drug-likeness (QED) is 0.809. The summed E-state index contributed by atoms with van der Waals surface area (Å²) in [5.41, 5.74) is 5.11. The van der Waals surface area contributed by atoms with Gasteiger partial charge in [0.25, 0.3) is 11.8 Å². The molecule has 1 aliphatic heterocycles. The van der Waals surface area contributed by atoms with E-state index in [4.69, 9.17) is 0 Å². The lowest BCUT2D eigenvalue weighted by Crippen LogP contribution is -2.33. The Morgan fingerprint density at radius 2 is 1.27 bits per heavy atom. The molecule has 2 aliphatic rings. The first-order chi connectivity index (χ1) is 10.4. The molecule has 0 atom stereocenters. The molecule has 0 saturated heterocycles. The number of carbonyl (C=O) groups is 2. The maximum Gasteiger partial charge on any atom is 0.261 e. The van der Waals surface area contributed by atoms with Crippen LogP contribution in [0, 0.1) is 27.7 Å². The average molecular weight is 299 g/mol. The molecule has 22 heavy (non-hydrogen) atoms. The van der Waals surface area contributed by atoms with Gasteiger partial charge in [0.2, 0.25) is 0 Å². The summed E-state index contributed by atoms with van der Waals surface area (Å²) in [7, 11) is 0. The lowest BCUT2D eigenvalue weighted by Gasteiger charge is -2.23. The van der Waals surface area contributed by atoms with Gasteiger partial charge in [0.05, 0.1) is 5.69 Å². The van der Waals surface area contributed by atoms with Crippen molar-refractivity contribution in [3.63, 3.8) is 0 Å². The Morgan fingerprint density at radius 3 is 1.77 bits per heavy atom. The zero-order valence-corrected chi connectivity index (χ0v) is 13.5. The molecular formula is C18H21NO3. The molecule has 1 aliphatic carbocycles. The minimum atomic E-state index is -0.200. The Hall–Kier alpha value is -2.10. The number of hydrogen-bond donors (Lipinski definition) is 1. The molecular weight excluding hydrogens is 278 g/mol. The van der Waals surface area contributed by atoms with E-state index in [1.807, 2.05) is 20.8 Å². The number of phenols is 1. The number of carbonyl (C=O) groups excluding carboxylic acids is 2. The van der Waals surface area contributed by atoms with Crippen molar-refractivity contribution in [2.75, 3.05) is 4.90 Å². The number of nitrogens with zero attached hydrogens (tertiary/aromatic N) is 1. The maximum atomic E-state index is 12.7. The van der Waals surface area contributed by atoms with Crippen LogP contribution in [-0.2, 0) is 9.59 Å². The van der Waals surface area contributed by atoms with Crippen LogP contribution in [0.2, 0.25) is 0 Å². The molecule has 116 valence electrons. The van der Waals surface area contributed by atoms with Crippen LogP contribution in [0.1, 0.15) is 47.9 Å². The van der Waals surface area contributed by atoms with Crippen molar-refractivity contribution in [1.82, 2.24) is 0 Å². The summed E-state index contributed by atoms with van der Waals surface area (Å²) in [6.45, 7) is 7.43. The van der Waals surface area contributed by atoms with E-state index in [0.717, 1.165) is 29.5 Å². The van der Waals surface area contributed by atoms with Gasteiger partial charge in [0.15, 0.2) is 0 Å². The van der Waals surface area contributed by atoms with E-state index in [1.165, 1.54) is 4.90 Å². The van der Waals surface area contributed by atoms with E-state index >= 15 is 0 Å². The summed E-state index contributed by atoms with van der Waals surface area (Å²) in [6, 6.07) is 0. The minimum absolute atomic E-state index is 0.170. The molecule has 0 saturated carbocycles. The van der Waals surface area contributed by atoms with Gasteiger partial charge in [-0.2, -0.15) is 0 Å². The third-order valence-corrected chi connectivity index (χ3v) is 5.16. The highest BCUT2D eigenvalue weighted by Gasteiger charge is 2.41.